The van der Waals surface area contributed by atoms with Crippen molar-refractivity contribution >= 4 is 43.9 Å². The summed E-state index contributed by atoms with van der Waals surface area (Å²) in [6.07, 6.45) is 1.46. The van der Waals surface area contributed by atoms with E-state index in [1.54, 1.807) is 30.3 Å². The third-order valence-corrected chi connectivity index (χ3v) is 6.45. The molecule has 0 aliphatic rings. The van der Waals surface area contributed by atoms with Gasteiger partial charge in [0.1, 0.15) is 0 Å². The third kappa shape index (κ3) is 2.82. The Hall–Kier alpha value is -3.72. The van der Waals surface area contributed by atoms with Gasteiger partial charge in [-0.3, -0.25) is 0 Å². The van der Waals surface area contributed by atoms with E-state index in [2.05, 4.69) is 4.98 Å². The minimum Gasteiger partial charge on any atom is -0.465 e. The molecule has 0 atom stereocenters. The monoisotopic (exact) mass is 424 g/mol. The van der Waals surface area contributed by atoms with E-state index in [0.29, 0.717) is 5.39 Å². The van der Waals surface area contributed by atoms with Gasteiger partial charge in [-0.05, 0) is 36.4 Å². The summed E-state index contributed by atoms with van der Waals surface area (Å²) in [5, 5.41) is 0.630. The number of esters is 2. The third-order valence-electron chi connectivity index (χ3n) is 4.73. The highest BCUT2D eigenvalue weighted by atomic mass is 32.2. The van der Waals surface area contributed by atoms with E-state index >= 15 is 0 Å². The molecule has 0 unspecified atom stereocenters. The molecular weight excluding hydrogens is 408 g/mol. The van der Waals surface area contributed by atoms with Crippen LogP contribution < -0.4 is 0 Å². The molecule has 0 radical (unpaired) electrons. The minimum absolute atomic E-state index is 0.0307. The Morgan fingerprint density at radius 1 is 0.900 bits per heavy atom. The molecule has 30 heavy (non-hydrogen) atoms. The number of carbonyl (C=O) groups is 2. The van der Waals surface area contributed by atoms with Crippen molar-refractivity contribution < 1.29 is 27.5 Å². The predicted octanol–water partition coefficient (Wildman–Crippen LogP) is 3.00. The molecule has 4 rings (SSSR count). The van der Waals surface area contributed by atoms with Gasteiger partial charge in [-0.1, -0.05) is 18.2 Å². The molecule has 0 aliphatic heterocycles. The highest BCUT2D eigenvalue weighted by Gasteiger charge is 2.30. The Morgan fingerprint density at radius 3 is 2.27 bits per heavy atom. The molecule has 0 amide bonds. The lowest BCUT2D eigenvalue weighted by molar-refractivity contribution is 0.0557. The van der Waals surface area contributed by atoms with Crippen molar-refractivity contribution in [3.63, 3.8) is 0 Å². The van der Waals surface area contributed by atoms with Crippen molar-refractivity contribution in [2.45, 2.75) is 4.90 Å². The lowest BCUT2D eigenvalue weighted by atomic mass is 10.0. The topological polar surface area (TPSA) is 105 Å². The van der Waals surface area contributed by atoms with Crippen LogP contribution >= 0.6 is 0 Å². The maximum atomic E-state index is 13.5. The van der Waals surface area contributed by atoms with Gasteiger partial charge in [-0.15, -0.1) is 0 Å². The molecule has 0 N–H and O–H groups in total. The summed E-state index contributed by atoms with van der Waals surface area (Å²) in [4.78, 5) is 29.2. The molecule has 8 nitrogen and oxygen atoms in total. The molecule has 2 aromatic carbocycles. The molecule has 0 spiro atoms. The van der Waals surface area contributed by atoms with Crippen LogP contribution in [0, 0.1) is 0 Å². The van der Waals surface area contributed by atoms with Crippen LogP contribution in [-0.4, -0.2) is 43.5 Å². The number of benzene rings is 2. The zero-order valence-corrected chi connectivity index (χ0v) is 16.8. The van der Waals surface area contributed by atoms with Crippen molar-refractivity contribution in [1.82, 2.24) is 8.96 Å². The van der Waals surface area contributed by atoms with E-state index in [9.17, 15) is 18.0 Å². The Labute approximate surface area is 171 Å². The van der Waals surface area contributed by atoms with Crippen LogP contribution in [0.2, 0.25) is 0 Å². The van der Waals surface area contributed by atoms with Crippen LogP contribution in [0.5, 0.6) is 0 Å². The number of ether oxygens (including phenoxy) is 2. The zero-order chi connectivity index (χ0) is 21.5. The van der Waals surface area contributed by atoms with Gasteiger partial charge in [0, 0.05) is 17.0 Å². The van der Waals surface area contributed by atoms with Crippen LogP contribution in [0.15, 0.2) is 65.7 Å². The van der Waals surface area contributed by atoms with Gasteiger partial charge < -0.3 is 9.47 Å². The van der Waals surface area contributed by atoms with Crippen molar-refractivity contribution in [2.24, 2.45) is 0 Å². The fourth-order valence-corrected chi connectivity index (χ4v) is 4.93. The normalized spacial score (nSPS) is 11.5. The van der Waals surface area contributed by atoms with Gasteiger partial charge in [-0.25, -0.2) is 27.0 Å². The Morgan fingerprint density at radius 2 is 1.60 bits per heavy atom. The number of methoxy groups -OCH3 is 2. The molecule has 0 fully saturated rings. The number of aromatic nitrogens is 2. The van der Waals surface area contributed by atoms with E-state index in [4.69, 9.17) is 9.47 Å². The fourth-order valence-electron chi connectivity index (χ4n) is 3.44. The molecule has 0 aliphatic carbocycles. The maximum Gasteiger partial charge on any atom is 0.339 e. The summed E-state index contributed by atoms with van der Waals surface area (Å²) >= 11 is 0. The smallest absolute Gasteiger partial charge is 0.339 e. The van der Waals surface area contributed by atoms with E-state index in [0.717, 1.165) is 3.97 Å². The number of fused-ring (bicyclic) bond motifs is 3. The number of hydrogen-bond acceptors (Lipinski definition) is 7. The van der Waals surface area contributed by atoms with Crippen LogP contribution in [0.25, 0.3) is 21.9 Å². The highest BCUT2D eigenvalue weighted by molar-refractivity contribution is 7.90. The molecule has 0 saturated carbocycles. The van der Waals surface area contributed by atoms with Crippen molar-refractivity contribution in [3.05, 3.63) is 71.9 Å². The van der Waals surface area contributed by atoms with Crippen LogP contribution in [0.3, 0.4) is 0 Å². The Balaban J connectivity index is 2.21. The largest absolute Gasteiger partial charge is 0.465 e. The molecule has 152 valence electrons. The maximum absolute atomic E-state index is 13.5. The van der Waals surface area contributed by atoms with Crippen molar-refractivity contribution in [2.75, 3.05) is 14.2 Å². The first-order valence-electron chi connectivity index (χ1n) is 8.81. The second-order valence-electron chi connectivity index (χ2n) is 6.32. The summed E-state index contributed by atoms with van der Waals surface area (Å²) in [7, 11) is -1.68. The van der Waals surface area contributed by atoms with E-state index in [1.807, 2.05) is 0 Å². The lowest BCUT2D eigenvalue weighted by Gasteiger charge is -2.10. The van der Waals surface area contributed by atoms with Gasteiger partial charge >= 0.3 is 11.9 Å². The molecule has 2 heterocycles. The standard InChI is InChI=1S/C21H16N2O6S/c1-28-20(24)15-10-11-16-17(18(15)21(25)29-2)14-9-6-12-22-19(14)23(16)30(26,27)13-7-4-3-5-8-13/h3-12H,1-2H3. The lowest BCUT2D eigenvalue weighted by Crippen LogP contribution is -2.15. The fraction of sp³-hybridized carbons (Fsp3) is 0.0952. The van der Waals surface area contributed by atoms with Crippen molar-refractivity contribution in [1.29, 1.82) is 0 Å². The molecule has 0 saturated heterocycles. The van der Waals surface area contributed by atoms with Crippen molar-refractivity contribution in [3.8, 4) is 0 Å². The number of rotatable bonds is 4. The zero-order valence-electron chi connectivity index (χ0n) is 16.0. The molecule has 9 heteroatoms. The summed E-state index contributed by atoms with van der Waals surface area (Å²) in [5.41, 5.74) is 0.211. The number of pyridine rings is 1. The summed E-state index contributed by atoms with van der Waals surface area (Å²) in [6, 6.07) is 13.9. The van der Waals surface area contributed by atoms with Gasteiger partial charge in [0.25, 0.3) is 10.0 Å². The first-order chi connectivity index (χ1) is 14.4. The molecule has 0 bridgehead atoms. The van der Waals surface area contributed by atoms with Gasteiger partial charge in [0.15, 0.2) is 5.65 Å². The average molecular weight is 424 g/mol. The Bertz CT molecular complexity index is 1410. The van der Waals surface area contributed by atoms with Crippen LogP contribution in [0.4, 0.5) is 0 Å². The van der Waals surface area contributed by atoms with Gasteiger partial charge in [0.05, 0.1) is 35.8 Å². The summed E-state index contributed by atoms with van der Waals surface area (Å²) < 4.78 is 37.7. The first-order valence-corrected chi connectivity index (χ1v) is 10.2. The number of nitrogens with zero attached hydrogens (tertiary/aromatic N) is 2. The molecular formula is C21H16N2O6S. The molecule has 2 aromatic heterocycles. The second-order valence-corrected chi connectivity index (χ2v) is 8.11. The average Bonchev–Trinajstić information content (AvgIpc) is 3.13. The minimum atomic E-state index is -4.05. The highest BCUT2D eigenvalue weighted by Crippen LogP contribution is 2.35. The predicted molar refractivity (Wildman–Crippen MR) is 109 cm³/mol. The van der Waals surface area contributed by atoms with Crippen LogP contribution in [0.1, 0.15) is 20.7 Å². The summed E-state index contributed by atoms with van der Waals surface area (Å²) in [5.74, 6) is -1.53. The SMILES string of the molecule is COC(=O)c1ccc2c(c1C(=O)OC)c1cccnc1n2S(=O)(=O)c1ccccc1. The second kappa shape index (κ2) is 7.27. The Kier molecular flexibility index (Phi) is 4.75. The van der Waals surface area contributed by atoms with Crippen LogP contribution in [-0.2, 0) is 19.5 Å². The van der Waals surface area contributed by atoms with E-state index in [-0.39, 0.29) is 32.6 Å². The number of carbonyl (C=O) groups excluding carboxylic acids is 2. The van der Waals surface area contributed by atoms with E-state index in [1.165, 1.54) is 44.7 Å². The summed E-state index contributed by atoms with van der Waals surface area (Å²) in [6.45, 7) is 0. The molecule has 4 aromatic rings. The number of hydrogen-bond donors (Lipinski definition) is 0. The van der Waals surface area contributed by atoms with Gasteiger partial charge in [-0.2, -0.15) is 0 Å². The first kappa shape index (κ1) is 19.6. The quantitative estimate of drug-likeness (QED) is 0.464. The van der Waals surface area contributed by atoms with Gasteiger partial charge in [0.2, 0.25) is 0 Å². The van der Waals surface area contributed by atoms with E-state index < -0.39 is 22.0 Å².